The number of piperidine rings is 1. The molecule has 2 unspecified atom stereocenters. The van der Waals surface area contributed by atoms with E-state index >= 15 is 0 Å². The quantitative estimate of drug-likeness (QED) is 0.678. The molecule has 1 fully saturated rings. The van der Waals surface area contributed by atoms with Gasteiger partial charge in [-0.25, -0.2) is 0 Å². The molecule has 1 heterocycles. The number of likely N-dealkylation sites (tertiary alicyclic amines) is 1. The molecule has 0 radical (unpaired) electrons. The van der Waals surface area contributed by atoms with E-state index in [1.54, 1.807) is 19.2 Å². The molecule has 1 aromatic rings. The Morgan fingerprint density at radius 3 is 2.75 bits per heavy atom. The summed E-state index contributed by atoms with van der Waals surface area (Å²) in [4.78, 5) is 13.1. The van der Waals surface area contributed by atoms with Crippen molar-refractivity contribution in [2.45, 2.75) is 26.8 Å². The summed E-state index contributed by atoms with van der Waals surface area (Å²) in [5, 5.41) is 13.9. The first-order valence-electron chi connectivity index (χ1n) is 7.18. The first-order valence-corrected chi connectivity index (χ1v) is 7.18. The Morgan fingerprint density at radius 1 is 1.40 bits per heavy atom. The molecule has 0 bridgehead atoms. The fourth-order valence-electron chi connectivity index (χ4n) is 2.79. The summed E-state index contributed by atoms with van der Waals surface area (Å²) in [6.07, 6.45) is 1.21. The monoisotopic (exact) mass is 277 g/mol. The molecule has 2 atom stereocenters. The number of hydrogen-bond acceptors (Lipinski definition) is 4. The van der Waals surface area contributed by atoms with Gasteiger partial charge in [0.2, 0.25) is 0 Å². The van der Waals surface area contributed by atoms with Crippen LogP contribution < -0.4 is 5.32 Å². The third-order valence-electron chi connectivity index (χ3n) is 4.35. The number of rotatable bonds is 4. The van der Waals surface area contributed by atoms with Crippen LogP contribution in [0.3, 0.4) is 0 Å². The van der Waals surface area contributed by atoms with Crippen LogP contribution in [0.4, 0.5) is 11.4 Å². The Hall–Kier alpha value is -1.62. The lowest BCUT2D eigenvalue weighted by molar-refractivity contribution is -0.384. The fraction of sp³-hybridized carbons (Fsp3) is 0.600. The number of benzene rings is 1. The molecule has 2 rings (SSSR count). The molecule has 20 heavy (non-hydrogen) atoms. The van der Waals surface area contributed by atoms with Crippen LogP contribution in [0.15, 0.2) is 18.2 Å². The number of anilines is 1. The summed E-state index contributed by atoms with van der Waals surface area (Å²) in [5.41, 5.74) is 1.74. The Morgan fingerprint density at radius 2 is 2.15 bits per heavy atom. The van der Waals surface area contributed by atoms with Crippen molar-refractivity contribution < 1.29 is 4.92 Å². The minimum absolute atomic E-state index is 0.156. The Balaban J connectivity index is 2.10. The lowest BCUT2D eigenvalue weighted by Gasteiger charge is -2.35. The van der Waals surface area contributed by atoms with Gasteiger partial charge < -0.3 is 5.32 Å². The van der Waals surface area contributed by atoms with Crippen molar-refractivity contribution in [3.8, 4) is 0 Å². The maximum absolute atomic E-state index is 11.1. The van der Waals surface area contributed by atoms with Gasteiger partial charge in [-0.3, -0.25) is 15.0 Å². The summed E-state index contributed by atoms with van der Waals surface area (Å²) in [6.45, 7) is 7.52. The molecule has 5 heteroatoms. The summed E-state index contributed by atoms with van der Waals surface area (Å²) in [5.74, 6) is 1.46. The van der Waals surface area contributed by atoms with Gasteiger partial charge in [-0.15, -0.1) is 0 Å². The molecule has 0 aliphatic carbocycles. The van der Waals surface area contributed by atoms with E-state index in [4.69, 9.17) is 0 Å². The van der Waals surface area contributed by atoms with E-state index in [0.717, 1.165) is 31.1 Å². The van der Waals surface area contributed by atoms with Crippen LogP contribution in [-0.4, -0.2) is 30.0 Å². The highest BCUT2D eigenvalue weighted by Gasteiger charge is 2.23. The van der Waals surface area contributed by atoms with Crippen LogP contribution in [0.5, 0.6) is 0 Å². The molecule has 1 aromatic carbocycles. The maximum Gasteiger partial charge on any atom is 0.292 e. The van der Waals surface area contributed by atoms with Gasteiger partial charge in [-0.1, -0.05) is 19.9 Å². The van der Waals surface area contributed by atoms with E-state index in [2.05, 4.69) is 24.1 Å². The van der Waals surface area contributed by atoms with E-state index in [0.29, 0.717) is 11.6 Å². The largest absolute Gasteiger partial charge is 0.383 e. The molecular weight excluding hydrogens is 254 g/mol. The number of nitrogens with one attached hydrogen (secondary N) is 1. The minimum atomic E-state index is -0.323. The summed E-state index contributed by atoms with van der Waals surface area (Å²) in [7, 11) is 1.70. The predicted octanol–water partition coefficient (Wildman–Crippen LogP) is 3.11. The lowest BCUT2D eigenvalue weighted by atomic mass is 9.88. The van der Waals surface area contributed by atoms with Gasteiger partial charge in [-0.2, -0.15) is 0 Å². The fourth-order valence-corrected chi connectivity index (χ4v) is 2.79. The molecule has 0 saturated carbocycles. The van der Waals surface area contributed by atoms with Crippen LogP contribution in [0.1, 0.15) is 25.8 Å². The van der Waals surface area contributed by atoms with Crippen molar-refractivity contribution in [3.05, 3.63) is 33.9 Å². The first kappa shape index (κ1) is 14.8. The third-order valence-corrected chi connectivity index (χ3v) is 4.35. The van der Waals surface area contributed by atoms with Crippen molar-refractivity contribution >= 4 is 11.4 Å². The highest BCUT2D eigenvalue weighted by atomic mass is 16.6. The van der Waals surface area contributed by atoms with Crippen LogP contribution in [-0.2, 0) is 6.54 Å². The number of hydrogen-bond donors (Lipinski definition) is 1. The summed E-state index contributed by atoms with van der Waals surface area (Å²) < 4.78 is 0. The predicted molar refractivity (Wildman–Crippen MR) is 80.9 cm³/mol. The average molecular weight is 277 g/mol. The van der Waals surface area contributed by atoms with Crippen molar-refractivity contribution in [1.29, 1.82) is 0 Å². The zero-order valence-corrected chi connectivity index (χ0v) is 12.4. The molecule has 1 N–H and O–H groups in total. The van der Waals surface area contributed by atoms with Crippen LogP contribution >= 0.6 is 0 Å². The number of nitrogens with zero attached hydrogens (tertiary/aromatic N) is 2. The lowest BCUT2D eigenvalue weighted by Crippen LogP contribution is -2.37. The first-order chi connectivity index (χ1) is 9.51. The van der Waals surface area contributed by atoms with E-state index in [9.17, 15) is 10.1 Å². The van der Waals surface area contributed by atoms with E-state index < -0.39 is 0 Å². The zero-order chi connectivity index (χ0) is 14.7. The molecule has 0 spiro atoms. The Kier molecular flexibility index (Phi) is 4.60. The third kappa shape index (κ3) is 3.28. The number of nitro benzene ring substituents is 1. The highest BCUT2D eigenvalue weighted by molar-refractivity contribution is 5.62. The molecule has 5 nitrogen and oxygen atoms in total. The molecular formula is C15H23N3O2. The molecule has 110 valence electrons. The van der Waals surface area contributed by atoms with Gasteiger partial charge in [0.15, 0.2) is 0 Å². The summed E-state index contributed by atoms with van der Waals surface area (Å²) >= 11 is 0. The SMILES string of the molecule is CNc1ccc(CN2CCC(C)C(C)C2)cc1[N+](=O)[O-]. The van der Waals surface area contributed by atoms with Crippen LogP contribution in [0.25, 0.3) is 0 Å². The number of nitro groups is 1. The molecule has 1 aliphatic heterocycles. The van der Waals surface area contributed by atoms with Gasteiger partial charge in [0.1, 0.15) is 5.69 Å². The molecule has 0 amide bonds. The van der Waals surface area contributed by atoms with E-state index in [1.165, 1.54) is 6.42 Å². The standard InChI is InChI=1S/C15H23N3O2/c1-11-6-7-17(9-12(11)2)10-13-4-5-14(16-3)15(8-13)18(19)20/h4-5,8,11-12,16H,6-7,9-10H2,1-3H3. The van der Waals surface area contributed by atoms with E-state index in [1.807, 2.05) is 6.07 Å². The van der Waals surface area contributed by atoms with Crippen molar-refractivity contribution in [2.24, 2.45) is 11.8 Å². The normalized spacial score (nSPS) is 23.6. The van der Waals surface area contributed by atoms with Gasteiger partial charge >= 0.3 is 0 Å². The van der Waals surface area contributed by atoms with Gasteiger partial charge in [0, 0.05) is 26.2 Å². The molecule has 0 aromatic heterocycles. The Labute approximate surface area is 120 Å². The second-order valence-corrected chi connectivity index (χ2v) is 5.84. The van der Waals surface area contributed by atoms with Gasteiger partial charge in [-0.05, 0) is 36.4 Å². The minimum Gasteiger partial charge on any atom is -0.383 e. The van der Waals surface area contributed by atoms with Crippen molar-refractivity contribution in [1.82, 2.24) is 4.90 Å². The zero-order valence-electron chi connectivity index (χ0n) is 12.4. The topological polar surface area (TPSA) is 58.4 Å². The maximum atomic E-state index is 11.1. The van der Waals surface area contributed by atoms with Crippen molar-refractivity contribution in [3.63, 3.8) is 0 Å². The smallest absolute Gasteiger partial charge is 0.292 e. The van der Waals surface area contributed by atoms with E-state index in [-0.39, 0.29) is 10.6 Å². The highest BCUT2D eigenvalue weighted by Crippen LogP contribution is 2.27. The Bertz CT molecular complexity index is 490. The molecule has 1 aliphatic rings. The van der Waals surface area contributed by atoms with Gasteiger partial charge in [0.05, 0.1) is 4.92 Å². The second-order valence-electron chi connectivity index (χ2n) is 5.84. The average Bonchev–Trinajstić information content (AvgIpc) is 2.43. The van der Waals surface area contributed by atoms with Crippen molar-refractivity contribution in [2.75, 3.05) is 25.5 Å². The van der Waals surface area contributed by atoms with Crippen LogP contribution in [0.2, 0.25) is 0 Å². The van der Waals surface area contributed by atoms with Crippen LogP contribution in [0, 0.1) is 22.0 Å². The summed E-state index contributed by atoms with van der Waals surface area (Å²) in [6, 6.07) is 5.46. The van der Waals surface area contributed by atoms with Gasteiger partial charge in [0.25, 0.3) is 5.69 Å². The second kappa shape index (κ2) is 6.22. The molecule has 1 saturated heterocycles.